The van der Waals surface area contributed by atoms with Gasteiger partial charge in [-0.1, -0.05) is 17.7 Å². The van der Waals surface area contributed by atoms with E-state index >= 15 is 0 Å². The number of carbonyl (C=O) groups is 1. The van der Waals surface area contributed by atoms with Crippen LogP contribution in [0.15, 0.2) is 48.2 Å². The fourth-order valence-electron chi connectivity index (χ4n) is 2.03. The predicted octanol–water partition coefficient (Wildman–Crippen LogP) is 3.82. The molecule has 0 bridgehead atoms. The lowest BCUT2D eigenvalue weighted by Crippen LogP contribution is -2.15. The normalized spacial score (nSPS) is 10.7. The molecule has 0 spiro atoms. The number of phenols is 1. The summed E-state index contributed by atoms with van der Waals surface area (Å²) in [5, 5.41) is 24.8. The van der Waals surface area contributed by atoms with Gasteiger partial charge in [-0.25, -0.2) is 0 Å². The maximum absolute atomic E-state index is 12.3. The maximum atomic E-state index is 12.3. The molecule has 0 unspecified atom stereocenters. The van der Waals surface area contributed by atoms with Gasteiger partial charge in [0.2, 0.25) is 0 Å². The molecule has 2 aromatic rings. The van der Waals surface area contributed by atoms with Crippen molar-refractivity contribution in [2.45, 2.75) is 6.92 Å². The number of hydrogen-bond acceptors (Lipinski definition) is 5. The van der Waals surface area contributed by atoms with E-state index in [-0.39, 0.29) is 11.3 Å². The van der Waals surface area contributed by atoms with Crippen LogP contribution in [-0.2, 0) is 4.79 Å². The van der Waals surface area contributed by atoms with Gasteiger partial charge in [0, 0.05) is 11.2 Å². The number of hydrogen-bond donors (Lipinski definition) is 3. The first-order chi connectivity index (χ1) is 11.9. The Morgan fingerprint density at radius 3 is 2.72 bits per heavy atom. The Morgan fingerprint density at radius 1 is 1.28 bits per heavy atom. The number of anilines is 2. The Labute approximate surface area is 150 Å². The summed E-state index contributed by atoms with van der Waals surface area (Å²) in [6, 6.07) is 11.5. The summed E-state index contributed by atoms with van der Waals surface area (Å²) >= 11 is 5.92. The van der Waals surface area contributed by atoms with Crippen LogP contribution in [0.5, 0.6) is 11.5 Å². The number of aromatic hydroxyl groups is 1. The summed E-state index contributed by atoms with van der Waals surface area (Å²) < 4.78 is 5.15. The number of nitrogens with zero attached hydrogens (tertiary/aromatic N) is 1. The summed E-state index contributed by atoms with van der Waals surface area (Å²) in [6.07, 6.45) is 1.22. The number of halogens is 1. The van der Waals surface area contributed by atoms with E-state index < -0.39 is 5.91 Å². The smallest absolute Gasteiger partial charge is 0.267 e. The molecule has 3 N–H and O–H groups in total. The molecule has 0 fully saturated rings. The molecule has 128 valence electrons. The average molecular weight is 358 g/mol. The molecule has 0 atom stereocenters. The zero-order chi connectivity index (χ0) is 18.4. The summed E-state index contributed by atoms with van der Waals surface area (Å²) in [5.74, 6) is -0.210. The SMILES string of the molecule is COc1ccc(Cl)cc1NC(=O)/C(C#N)=C\Nc1cc(C)ccc1O. The lowest BCUT2D eigenvalue weighted by Gasteiger charge is -2.10. The lowest BCUT2D eigenvalue weighted by atomic mass is 10.2. The molecule has 2 rings (SSSR count). The number of aryl methyl sites for hydroxylation is 1. The van der Waals surface area contributed by atoms with Crippen molar-refractivity contribution < 1.29 is 14.6 Å². The Kier molecular flexibility index (Phi) is 5.88. The minimum Gasteiger partial charge on any atom is -0.506 e. The number of benzene rings is 2. The molecule has 0 aliphatic rings. The highest BCUT2D eigenvalue weighted by Gasteiger charge is 2.13. The van der Waals surface area contributed by atoms with Crippen LogP contribution in [-0.4, -0.2) is 18.1 Å². The van der Waals surface area contributed by atoms with Gasteiger partial charge in [0.05, 0.1) is 18.5 Å². The van der Waals surface area contributed by atoms with Crippen LogP contribution in [0.1, 0.15) is 5.56 Å². The Hall–Kier alpha value is -3.17. The molecular formula is C18H16ClN3O3. The number of rotatable bonds is 5. The number of methoxy groups -OCH3 is 1. The molecule has 6 nitrogen and oxygen atoms in total. The molecule has 0 aromatic heterocycles. The van der Waals surface area contributed by atoms with Gasteiger partial charge in [0.25, 0.3) is 5.91 Å². The van der Waals surface area contributed by atoms with Gasteiger partial charge >= 0.3 is 0 Å². The molecule has 0 heterocycles. The van der Waals surface area contributed by atoms with Gasteiger partial charge in [-0.15, -0.1) is 0 Å². The highest BCUT2D eigenvalue weighted by Crippen LogP contribution is 2.28. The highest BCUT2D eigenvalue weighted by molar-refractivity contribution is 6.31. The standard InChI is InChI=1S/C18H16ClN3O3/c1-11-3-5-16(23)14(7-11)21-10-12(9-20)18(24)22-15-8-13(19)4-6-17(15)25-2/h3-8,10,21,23H,1-2H3,(H,22,24)/b12-10-. The molecule has 0 aliphatic carbocycles. The van der Waals surface area contributed by atoms with Gasteiger partial charge in [-0.05, 0) is 42.8 Å². The number of ether oxygens (including phenoxy) is 1. The van der Waals surface area contributed by atoms with Gasteiger partial charge in [-0.2, -0.15) is 5.26 Å². The molecule has 0 radical (unpaired) electrons. The summed E-state index contributed by atoms with van der Waals surface area (Å²) in [6.45, 7) is 1.86. The average Bonchev–Trinajstić information content (AvgIpc) is 2.58. The van der Waals surface area contributed by atoms with Crippen LogP contribution in [0.4, 0.5) is 11.4 Å². The molecule has 0 saturated carbocycles. The molecular weight excluding hydrogens is 342 g/mol. The molecule has 25 heavy (non-hydrogen) atoms. The van der Waals surface area contributed by atoms with E-state index in [0.717, 1.165) is 5.56 Å². The number of carbonyl (C=O) groups excluding carboxylic acids is 1. The minimum atomic E-state index is -0.636. The van der Waals surface area contributed by atoms with Crippen molar-refractivity contribution in [3.05, 3.63) is 58.8 Å². The van der Waals surface area contributed by atoms with Crippen molar-refractivity contribution in [3.63, 3.8) is 0 Å². The van der Waals surface area contributed by atoms with E-state index in [1.54, 1.807) is 24.3 Å². The van der Waals surface area contributed by atoms with E-state index in [2.05, 4.69) is 10.6 Å². The minimum absolute atomic E-state index is 0.0102. The van der Waals surface area contributed by atoms with Crippen molar-refractivity contribution in [1.82, 2.24) is 0 Å². The first-order valence-corrected chi connectivity index (χ1v) is 7.63. The third-order valence-corrected chi connectivity index (χ3v) is 3.53. The van der Waals surface area contributed by atoms with E-state index in [1.165, 1.54) is 25.4 Å². The van der Waals surface area contributed by atoms with Crippen molar-refractivity contribution in [3.8, 4) is 17.6 Å². The van der Waals surface area contributed by atoms with Crippen LogP contribution in [0, 0.1) is 18.3 Å². The van der Waals surface area contributed by atoms with E-state index in [9.17, 15) is 15.2 Å². The first kappa shape index (κ1) is 18.2. The van der Waals surface area contributed by atoms with Crippen molar-refractivity contribution >= 4 is 28.9 Å². The zero-order valence-corrected chi connectivity index (χ0v) is 14.4. The van der Waals surface area contributed by atoms with Crippen LogP contribution < -0.4 is 15.4 Å². The number of nitriles is 1. The second-order valence-corrected chi connectivity index (χ2v) is 5.57. The van der Waals surface area contributed by atoms with E-state index in [1.807, 2.05) is 13.0 Å². The molecule has 1 amide bonds. The number of phenolic OH excluding ortho intramolecular Hbond substituents is 1. The van der Waals surface area contributed by atoms with Crippen LogP contribution in [0.3, 0.4) is 0 Å². The van der Waals surface area contributed by atoms with Crippen molar-refractivity contribution in [2.75, 3.05) is 17.7 Å². The maximum Gasteiger partial charge on any atom is 0.267 e. The topological polar surface area (TPSA) is 94.4 Å². The van der Waals surface area contributed by atoms with Gasteiger partial charge in [-0.3, -0.25) is 4.79 Å². The molecule has 2 aromatic carbocycles. The first-order valence-electron chi connectivity index (χ1n) is 7.26. The van der Waals surface area contributed by atoms with Gasteiger partial charge in [0.1, 0.15) is 23.1 Å². The molecule has 7 heteroatoms. The fraction of sp³-hybridized carbons (Fsp3) is 0.111. The van der Waals surface area contributed by atoms with Crippen molar-refractivity contribution in [2.24, 2.45) is 0 Å². The zero-order valence-electron chi connectivity index (χ0n) is 13.6. The molecule has 0 saturated heterocycles. The Balaban J connectivity index is 2.20. The van der Waals surface area contributed by atoms with Crippen LogP contribution >= 0.6 is 11.6 Å². The van der Waals surface area contributed by atoms with Gasteiger partial charge in [0.15, 0.2) is 0 Å². The highest BCUT2D eigenvalue weighted by atomic mass is 35.5. The van der Waals surface area contributed by atoms with E-state index in [4.69, 9.17) is 16.3 Å². The summed E-state index contributed by atoms with van der Waals surface area (Å²) in [4.78, 5) is 12.3. The van der Waals surface area contributed by atoms with Crippen LogP contribution in [0.2, 0.25) is 5.02 Å². The van der Waals surface area contributed by atoms with Crippen LogP contribution in [0.25, 0.3) is 0 Å². The van der Waals surface area contributed by atoms with Crippen molar-refractivity contribution in [1.29, 1.82) is 5.26 Å². The van der Waals surface area contributed by atoms with Gasteiger partial charge < -0.3 is 20.5 Å². The number of amides is 1. The van der Waals surface area contributed by atoms with E-state index in [0.29, 0.717) is 22.1 Å². The quantitative estimate of drug-likeness (QED) is 0.429. The third kappa shape index (κ3) is 4.66. The summed E-state index contributed by atoms with van der Waals surface area (Å²) in [5.41, 5.74) is 1.48. The lowest BCUT2D eigenvalue weighted by molar-refractivity contribution is -0.112. The Bertz CT molecular complexity index is 872. The molecule has 0 aliphatic heterocycles. The second-order valence-electron chi connectivity index (χ2n) is 5.13. The fourth-order valence-corrected chi connectivity index (χ4v) is 2.20. The second kappa shape index (κ2) is 8.08. The summed E-state index contributed by atoms with van der Waals surface area (Å²) in [7, 11) is 1.46. The number of nitrogens with one attached hydrogen (secondary N) is 2. The Morgan fingerprint density at radius 2 is 2.04 bits per heavy atom. The third-order valence-electron chi connectivity index (χ3n) is 3.30. The monoisotopic (exact) mass is 357 g/mol. The largest absolute Gasteiger partial charge is 0.506 e. The predicted molar refractivity (Wildman–Crippen MR) is 96.8 cm³/mol.